The van der Waals surface area contributed by atoms with Gasteiger partial charge in [-0.05, 0) is 24.6 Å². The molecule has 1 atom stereocenters. The standard InChI is InChI=1S/C18H20N2O4/c1-2-3-15(18(23)24)11-20-17(22)13-6-4-12(5-7-13)16(21)14-8-9-19-10-14/h4-10,15,19H,2-3,11H2,1H3,(H,20,22)(H,23,24). The molecule has 3 N–H and O–H groups in total. The molecular weight excluding hydrogens is 308 g/mol. The second-order valence-electron chi connectivity index (χ2n) is 5.54. The predicted octanol–water partition coefficient (Wildman–Crippen LogP) is 2.48. The highest BCUT2D eigenvalue weighted by atomic mass is 16.4. The van der Waals surface area contributed by atoms with E-state index in [2.05, 4.69) is 10.3 Å². The molecule has 1 aromatic heterocycles. The fourth-order valence-electron chi connectivity index (χ4n) is 2.38. The fraction of sp³-hybridized carbons (Fsp3) is 0.278. The van der Waals surface area contributed by atoms with Gasteiger partial charge in [0.1, 0.15) is 0 Å². The number of aromatic amines is 1. The average Bonchev–Trinajstić information content (AvgIpc) is 3.12. The lowest BCUT2D eigenvalue weighted by Crippen LogP contribution is -2.32. The Morgan fingerprint density at radius 2 is 1.75 bits per heavy atom. The van der Waals surface area contributed by atoms with Crippen molar-refractivity contribution >= 4 is 17.7 Å². The zero-order valence-electron chi connectivity index (χ0n) is 13.4. The molecular formula is C18H20N2O4. The summed E-state index contributed by atoms with van der Waals surface area (Å²) in [5.41, 5.74) is 1.43. The van der Waals surface area contributed by atoms with E-state index in [4.69, 9.17) is 5.11 Å². The number of aliphatic carboxylic acids is 1. The monoisotopic (exact) mass is 328 g/mol. The van der Waals surface area contributed by atoms with Crippen LogP contribution in [0, 0.1) is 5.92 Å². The van der Waals surface area contributed by atoms with Crippen LogP contribution in [0.5, 0.6) is 0 Å². The van der Waals surface area contributed by atoms with E-state index in [0.717, 1.165) is 6.42 Å². The molecule has 1 aromatic carbocycles. The molecule has 2 rings (SSSR count). The van der Waals surface area contributed by atoms with E-state index in [0.29, 0.717) is 23.1 Å². The van der Waals surface area contributed by atoms with Gasteiger partial charge in [0.15, 0.2) is 5.78 Å². The van der Waals surface area contributed by atoms with Crippen LogP contribution in [0.2, 0.25) is 0 Å². The Hall–Kier alpha value is -2.89. The van der Waals surface area contributed by atoms with E-state index in [1.165, 1.54) is 0 Å². The fourth-order valence-corrected chi connectivity index (χ4v) is 2.38. The Morgan fingerprint density at radius 3 is 2.29 bits per heavy atom. The molecule has 6 heteroatoms. The van der Waals surface area contributed by atoms with E-state index >= 15 is 0 Å². The zero-order valence-corrected chi connectivity index (χ0v) is 13.4. The summed E-state index contributed by atoms with van der Waals surface area (Å²) in [4.78, 5) is 38.2. The Kier molecular flexibility index (Phi) is 5.89. The summed E-state index contributed by atoms with van der Waals surface area (Å²) in [7, 11) is 0. The lowest BCUT2D eigenvalue weighted by Gasteiger charge is -2.12. The molecule has 126 valence electrons. The van der Waals surface area contributed by atoms with E-state index in [9.17, 15) is 14.4 Å². The van der Waals surface area contributed by atoms with Gasteiger partial charge in [0.05, 0.1) is 5.92 Å². The van der Waals surface area contributed by atoms with Crippen molar-refractivity contribution in [1.29, 1.82) is 0 Å². The number of H-pyrrole nitrogens is 1. The van der Waals surface area contributed by atoms with Gasteiger partial charge >= 0.3 is 5.97 Å². The molecule has 1 amide bonds. The molecule has 0 saturated heterocycles. The van der Waals surface area contributed by atoms with Crippen molar-refractivity contribution in [3.8, 4) is 0 Å². The van der Waals surface area contributed by atoms with Crippen molar-refractivity contribution in [3.63, 3.8) is 0 Å². The van der Waals surface area contributed by atoms with E-state index in [-0.39, 0.29) is 18.2 Å². The Labute approximate surface area is 139 Å². The quantitative estimate of drug-likeness (QED) is 0.648. The van der Waals surface area contributed by atoms with Gasteiger partial charge in [0.25, 0.3) is 5.91 Å². The van der Waals surface area contributed by atoms with Crippen molar-refractivity contribution in [2.24, 2.45) is 5.92 Å². The number of ketones is 1. The SMILES string of the molecule is CCCC(CNC(=O)c1ccc(C(=O)c2cc[nH]c2)cc1)C(=O)O. The molecule has 0 saturated carbocycles. The molecule has 0 spiro atoms. The Morgan fingerprint density at radius 1 is 1.08 bits per heavy atom. The second-order valence-corrected chi connectivity index (χ2v) is 5.54. The summed E-state index contributed by atoms with van der Waals surface area (Å²) in [6.07, 6.45) is 4.54. The maximum Gasteiger partial charge on any atom is 0.308 e. The first-order chi connectivity index (χ1) is 11.5. The first kappa shape index (κ1) is 17.5. The number of carboxylic acids is 1. The molecule has 6 nitrogen and oxygen atoms in total. The van der Waals surface area contributed by atoms with Crippen LogP contribution in [-0.4, -0.2) is 34.3 Å². The van der Waals surface area contributed by atoms with Crippen molar-refractivity contribution in [1.82, 2.24) is 10.3 Å². The summed E-state index contributed by atoms with van der Waals surface area (Å²) in [5, 5.41) is 11.7. The number of amides is 1. The van der Waals surface area contributed by atoms with Crippen LogP contribution in [0.1, 0.15) is 46.0 Å². The highest BCUT2D eigenvalue weighted by Crippen LogP contribution is 2.11. The zero-order chi connectivity index (χ0) is 17.5. The van der Waals surface area contributed by atoms with Crippen LogP contribution in [0.4, 0.5) is 0 Å². The van der Waals surface area contributed by atoms with E-state index in [1.54, 1.807) is 42.7 Å². The van der Waals surface area contributed by atoms with Gasteiger partial charge in [0.2, 0.25) is 0 Å². The molecule has 0 aliphatic carbocycles. The van der Waals surface area contributed by atoms with Crippen LogP contribution in [0.25, 0.3) is 0 Å². The number of hydrogen-bond donors (Lipinski definition) is 3. The third-order valence-corrected chi connectivity index (χ3v) is 3.76. The molecule has 2 aromatic rings. The molecule has 0 aliphatic rings. The van der Waals surface area contributed by atoms with Crippen LogP contribution < -0.4 is 5.32 Å². The summed E-state index contributed by atoms with van der Waals surface area (Å²) in [5.74, 6) is -1.98. The third kappa shape index (κ3) is 4.32. The second kappa shape index (κ2) is 8.10. The smallest absolute Gasteiger partial charge is 0.308 e. The Bertz CT molecular complexity index is 705. The van der Waals surface area contributed by atoms with Gasteiger partial charge in [-0.1, -0.05) is 25.5 Å². The highest BCUT2D eigenvalue weighted by Gasteiger charge is 2.18. The molecule has 1 heterocycles. The first-order valence-electron chi connectivity index (χ1n) is 7.81. The van der Waals surface area contributed by atoms with E-state index in [1.807, 2.05) is 6.92 Å². The molecule has 0 bridgehead atoms. The van der Waals surface area contributed by atoms with Crippen molar-refractivity contribution < 1.29 is 19.5 Å². The van der Waals surface area contributed by atoms with Crippen LogP contribution in [0.15, 0.2) is 42.7 Å². The first-order valence-corrected chi connectivity index (χ1v) is 7.81. The topological polar surface area (TPSA) is 99.3 Å². The van der Waals surface area contributed by atoms with Crippen LogP contribution >= 0.6 is 0 Å². The summed E-state index contributed by atoms with van der Waals surface area (Å²) < 4.78 is 0. The predicted molar refractivity (Wildman–Crippen MR) is 89.0 cm³/mol. The van der Waals surface area contributed by atoms with Gasteiger partial charge in [-0.2, -0.15) is 0 Å². The largest absolute Gasteiger partial charge is 0.481 e. The van der Waals surface area contributed by atoms with Gasteiger partial charge < -0.3 is 15.4 Å². The number of nitrogens with one attached hydrogen (secondary N) is 2. The number of benzene rings is 1. The Balaban J connectivity index is 1.98. The highest BCUT2D eigenvalue weighted by molar-refractivity contribution is 6.09. The molecule has 24 heavy (non-hydrogen) atoms. The molecule has 0 aliphatic heterocycles. The maximum absolute atomic E-state index is 12.2. The third-order valence-electron chi connectivity index (χ3n) is 3.76. The van der Waals surface area contributed by atoms with Gasteiger partial charge in [-0.25, -0.2) is 0 Å². The number of aromatic nitrogens is 1. The normalized spacial score (nSPS) is 11.7. The molecule has 0 radical (unpaired) electrons. The minimum Gasteiger partial charge on any atom is -0.481 e. The number of carbonyl (C=O) groups is 3. The van der Waals surface area contributed by atoms with Crippen LogP contribution in [-0.2, 0) is 4.79 Å². The number of carbonyl (C=O) groups excluding carboxylic acids is 2. The lowest BCUT2D eigenvalue weighted by molar-refractivity contribution is -0.141. The lowest BCUT2D eigenvalue weighted by atomic mass is 10.0. The van der Waals surface area contributed by atoms with Gasteiger partial charge in [-0.3, -0.25) is 14.4 Å². The van der Waals surface area contributed by atoms with Crippen LogP contribution in [0.3, 0.4) is 0 Å². The minimum absolute atomic E-state index is 0.0893. The number of hydrogen-bond acceptors (Lipinski definition) is 3. The van der Waals surface area contributed by atoms with Gasteiger partial charge in [-0.15, -0.1) is 0 Å². The maximum atomic E-state index is 12.2. The number of rotatable bonds is 8. The van der Waals surface area contributed by atoms with E-state index < -0.39 is 11.9 Å². The number of carboxylic acid groups (broad SMARTS) is 1. The van der Waals surface area contributed by atoms with Crippen molar-refractivity contribution in [3.05, 3.63) is 59.4 Å². The summed E-state index contributed by atoms with van der Waals surface area (Å²) in [6, 6.07) is 7.98. The van der Waals surface area contributed by atoms with Crippen molar-refractivity contribution in [2.75, 3.05) is 6.54 Å². The molecule has 1 unspecified atom stereocenters. The van der Waals surface area contributed by atoms with Crippen molar-refractivity contribution in [2.45, 2.75) is 19.8 Å². The average molecular weight is 328 g/mol. The summed E-state index contributed by atoms with van der Waals surface area (Å²) >= 11 is 0. The van der Waals surface area contributed by atoms with Gasteiger partial charge in [0, 0.05) is 35.6 Å². The molecule has 0 fully saturated rings. The summed E-state index contributed by atoms with van der Waals surface area (Å²) in [6.45, 7) is 1.99. The minimum atomic E-state index is -0.912.